The third-order valence-electron chi connectivity index (χ3n) is 15.3. The molecule has 70 heavy (non-hydrogen) atoms. The van der Waals surface area contributed by atoms with Crippen LogP contribution < -0.4 is 9.80 Å². The van der Waals surface area contributed by atoms with Gasteiger partial charge < -0.3 is 9.80 Å². The number of rotatable bonds is 9. The maximum absolute atomic E-state index is 2.57. The predicted molar refractivity (Wildman–Crippen MR) is 295 cm³/mol. The maximum atomic E-state index is 2.57. The Kier molecular flexibility index (Phi) is 9.52. The van der Waals surface area contributed by atoms with Crippen molar-refractivity contribution >= 4 is 44.7 Å². The zero-order valence-electron chi connectivity index (χ0n) is 38.7. The molecule has 14 rings (SSSR count). The van der Waals surface area contributed by atoms with Crippen molar-refractivity contribution in [2.45, 2.75) is 24.9 Å². The van der Waals surface area contributed by atoms with Crippen molar-refractivity contribution in [1.82, 2.24) is 0 Å². The summed E-state index contributed by atoms with van der Waals surface area (Å²) in [4.78, 5) is 5.14. The molecule has 0 fully saturated rings. The molecule has 2 unspecified atom stereocenters. The molecule has 0 saturated carbocycles. The average Bonchev–Trinajstić information content (AvgIpc) is 3.95. The zero-order valence-corrected chi connectivity index (χ0v) is 38.7. The first-order chi connectivity index (χ1) is 34.7. The number of anilines is 4. The Morgan fingerprint density at radius 2 is 0.843 bits per heavy atom. The first-order valence-electron chi connectivity index (χ1n) is 24.7. The molecule has 0 heterocycles. The summed E-state index contributed by atoms with van der Waals surface area (Å²) in [5.41, 5.74) is 25.6. The van der Waals surface area contributed by atoms with E-state index in [-0.39, 0.29) is 12.1 Å². The number of allylic oxidation sites excluding steroid dienone is 2. The summed E-state index contributed by atoms with van der Waals surface area (Å²) < 4.78 is 0. The number of benzene rings is 10. The van der Waals surface area contributed by atoms with Crippen LogP contribution in [0, 0.1) is 0 Å². The molecule has 0 aromatic heterocycles. The monoisotopic (exact) mass is 892 g/mol. The summed E-state index contributed by atoms with van der Waals surface area (Å²) in [5.74, 6) is 0. The first kappa shape index (κ1) is 40.4. The molecule has 330 valence electrons. The molecule has 2 atom stereocenters. The van der Waals surface area contributed by atoms with Gasteiger partial charge in [-0.1, -0.05) is 212 Å². The third kappa shape index (κ3) is 6.55. The minimum Gasteiger partial charge on any atom is -0.334 e. The lowest BCUT2D eigenvalue weighted by atomic mass is 9.85. The maximum Gasteiger partial charge on any atom is 0.0632 e. The smallest absolute Gasteiger partial charge is 0.0632 e. The molecule has 2 heteroatoms. The third-order valence-corrected chi connectivity index (χ3v) is 15.3. The molecular weight excluding hydrogens is 845 g/mol. The Morgan fingerprint density at radius 1 is 0.343 bits per heavy atom. The van der Waals surface area contributed by atoms with Crippen LogP contribution in [0.2, 0.25) is 0 Å². The van der Waals surface area contributed by atoms with E-state index in [1.807, 2.05) is 0 Å². The van der Waals surface area contributed by atoms with Gasteiger partial charge in [0.2, 0.25) is 0 Å². The van der Waals surface area contributed by atoms with E-state index < -0.39 is 0 Å². The second-order valence-electron chi connectivity index (χ2n) is 19.0. The lowest BCUT2D eigenvalue weighted by Gasteiger charge is -2.37. The molecule has 4 aliphatic rings. The summed E-state index contributed by atoms with van der Waals surface area (Å²) in [6.07, 6.45) is 11.5. The van der Waals surface area contributed by atoms with Gasteiger partial charge in [0.25, 0.3) is 0 Å². The Morgan fingerprint density at radius 3 is 1.46 bits per heavy atom. The topological polar surface area (TPSA) is 6.48 Å². The SMILES string of the molecule is C1=CC(N(c2ccc(-c3ccccc3)cc2)c2ccc3c4c(cccc24)-c2ccccc2-3)CC=C1c1ccc(N(c2ccc(-c3ccccc3)cc2)C2CC=C3c4ccccc4-c4cccc2c43)cc1. The van der Waals surface area contributed by atoms with Crippen molar-refractivity contribution in [2.75, 3.05) is 9.80 Å². The van der Waals surface area contributed by atoms with E-state index in [1.54, 1.807) is 0 Å². The summed E-state index contributed by atoms with van der Waals surface area (Å²) in [5, 5.41) is 2.63. The summed E-state index contributed by atoms with van der Waals surface area (Å²) >= 11 is 0. The minimum atomic E-state index is 0.115. The molecule has 10 aromatic rings. The highest BCUT2D eigenvalue weighted by molar-refractivity contribution is 6.18. The Bertz CT molecular complexity index is 3720. The van der Waals surface area contributed by atoms with Gasteiger partial charge in [0.15, 0.2) is 0 Å². The fourth-order valence-corrected chi connectivity index (χ4v) is 12.0. The van der Waals surface area contributed by atoms with Gasteiger partial charge in [-0.2, -0.15) is 0 Å². The number of hydrogen-bond acceptors (Lipinski definition) is 2. The van der Waals surface area contributed by atoms with E-state index >= 15 is 0 Å². The van der Waals surface area contributed by atoms with E-state index in [4.69, 9.17) is 0 Å². The van der Waals surface area contributed by atoms with Crippen LogP contribution in [0.4, 0.5) is 22.7 Å². The van der Waals surface area contributed by atoms with E-state index in [0.717, 1.165) is 12.8 Å². The molecule has 4 aliphatic carbocycles. The quantitative estimate of drug-likeness (QED) is 0.142. The second kappa shape index (κ2) is 16.5. The average molecular weight is 893 g/mol. The molecule has 0 N–H and O–H groups in total. The van der Waals surface area contributed by atoms with Gasteiger partial charge in [-0.25, -0.2) is 0 Å². The van der Waals surface area contributed by atoms with Gasteiger partial charge in [0, 0.05) is 28.1 Å². The van der Waals surface area contributed by atoms with Gasteiger partial charge in [0.05, 0.1) is 12.1 Å². The summed E-state index contributed by atoms with van der Waals surface area (Å²) in [7, 11) is 0. The van der Waals surface area contributed by atoms with Crippen LogP contribution in [0.25, 0.3) is 77.6 Å². The highest BCUT2D eigenvalue weighted by atomic mass is 15.2. The van der Waals surface area contributed by atoms with Crippen LogP contribution in [0.5, 0.6) is 0 Å². The Balaban J connectivity index is 0.809. The molecule has 2 nitrogen and oxygen atoms in total. The predicted octanol–water partition coefficient (Wildman–Crippen LogP) is 18.1. The molecule has 0 aliphatic heterocycles. The lowest BCUT2D eigenvalue weighted by Crippen LogP contribution is -2.30. The molecule has 0 spiro atoms. The van der Waals surface area contributed by atoms with Crippen LogP contribution in [0.15, 0.2) is 255 Å². The van der Waals surface area contributed by atoms with Crippen LogP contribution in [-0.4, -0.2) is 6.04 Å². The zero-order chi connectivity index (χ0) is 46.1. The summed E-state index contributed by atoms with van der Waals surface area (Å²) in [6.45, 7) is 0. The Labute approximate surface area is 410 Å². The second-order valence-corrected chi connectivity index (χ2v) is 19.0. The largest absolute Gasteiger partial charge is 0.334 e. The minimum absolute atomic E-state index is 0.115. The van der Waals surface area contributed by atoms with Crippen LogP contribution in [0.3, 0.4) is 0 Å². The van der Waals surface area contributed by atoms with Crippen molar-refractivity contribution < 1.29 is 0 Å². The van der Waals surface area contributed by atoms with Crippen LogP contribution >= 0.6 is 0 Å². The molecular formula is C68H48N2. The van der Waals surface area contributed by atoms with Crippen molar-refractivity contribution in [3.05, 3.63) is 277 Å². The fourth-order valence-electron chi connectivity index (χ4n) is 12.0. The summed E-state index contributed by atoms with van der Waals surface area (Å²) in [6, 6.07) is 85.5. The Hall–Kier alpha value is -8.72. The number of fused-ring (bicyclic) bond motifs is 6. The van der Waals surface area contributed by atoms with E-state index in [1.165, 1.54) is 123 Å². The molecule has 0 amide bonds. The van der Waals surface area contributed by atoms with Crippen molar-refractivity contribution in [3.8, 4) is 55.6 Å². The molecule has 0 saturated heterocycles. The normalized spacial score (nSPS) is 15.7. The van der Waals surface area contributed by atoms with E-state index in [0.29, 0.717) is 0 Å². The van der Waals surface area contributed by atoms with Gasteiger partial charge in [-0.05, 0) is 150 Å². The van der Waals surface area contributed by atoms with Gasteiger partial charge >= 0.3 is 0 Å². The molecule has 10 aromatic carbocycles. The van der Waals surface area contributed by atoms with Crippen molar-refractivity contribution in [3.63, 3.8) is 0 Å². The first-order valence-corrected chi connectivity index (χ1v) is 24.7. The standard InChI is InChI=1S/C68H48N2/c1-3-13-45(14-4-1)47-25-33-51(34-26-47)69(65-43-41-61-57-19-9-7-17-55(57)59-21-11-23-63(65)67(59)61)53-37-29-49(30-38-53)50-31-39-54(40-32-50)70(52-35-27-48(28-36-52)46-15-5-2-6-16-46)66-44-42-62-58-20-10-8-18-56(58)60-22-12-24-64(66)68(60)62/h1-39,41-42,44,54,65H,40,43H2. The molecule has 0 bridgehead atoms. The van der Waals surface area contributed by atoms with Crippen molar-refractivity contribution in [1.29, 1.82) is 0 Å². The number of hydrogen-bond donors (Lipinski definition) is 0. The van der Waals surface area contributed by atoms with Crippen molar-refractivity contribution in [2.24, 2.45) is 0 Å². The van der Waals surface area contributed by atoms with Gasteiger partial charge in [0.1, 0.15) is 0 Å². The highest BCUT2D eigenvalue weighted by Gasteiger charge is 2.35. The molecule has 0 radical (unpaired) electrons. The van der Waals surface area contributed by atoms with Crippen LogP contribution in [-0.2, 0) is 0 Å². The highest BCUT2D eigenvalue weighted by Crippen LogP contribution is 2.54. The van der Waals surface area contributed by atoms with E-state index in [2.05, 4.69) is 265 Å². The fraction of sp³-hybridized carbons (Fsp3) is 0.0588. The van der Waals surface area contributed by atoms with Gasteiger partial charge in [-0.15, -0.1) is 0 Å². The van der Waals surface area contributed by atoms with Gasteiger partial charge in [-0.3, -0.25) is 0 Å². The van der Waals surface area contributed by atoms with E-state index in [9.17, 15) is 0 Å². The van der Waals surface area contributed by atoms with Crippen LogP contribution in [0.1, 0.15) is 41.1 Å². The lowest BCUT2D eigenvalue weighted by molar-refractivity contribution is 0.701. The number of nitrogens with zero attached hydrogens (tertiary/aromatic N) is 2.